The third-order valence-corrected chi connectivity index (χ3v) is 5.54. The van der Waals surface area contributed by atoms with E-state index >= 15 is 0 Å². The molecule has 0 aliphatic carbocycles. The Morgan fingerprint density at radius 3 is 2.65 bits per heavy atom. The molecule has 0 bridgehead atoms. The number of carbonyl (C=O) groups is 1. The molecule has 1 aliphatic rings. The monoisotopic (exact) mass is 416 g/mol. The van der Waals surface area contributed by atoms with Gasteiger partial charge in [-0.2, -0.15) is 0 Å². The van der Waals surface area contributed by atoms with Crippen LogP contribution in [0.2, 0.25) is 0 Å². The summed E-state index contributed by atoms with van der Waals surface area (Å²) in [7, 11) is 0. The third-order valence-electron chi connectivity index (χ3n) is 5.54. The first-order chi connectivity index (χ1) is 15.2. The molecule has 1 aliphatic heterocycles. The van der Waals surface area contributed by atoms with E-state index in [1.807, 2.05) is 42.2 Å². The van der Waals surface area contributed by atoms with Gasteiger partial charge in [-0.05, 0) is 49.2 Å². The van der Waals surface area contributed by atoms with E-state index in [2.05, 4.69) is 29.7 Å². The first-order valence-electron chi connectivity index (χ1n) is 10.8. The van der Waals surface area contributed by atoms with Crippen LogP contribution >= 0.6 is 0 Å². The number of amides is 1. The van der Waals surface area contributed by atoms with Crippen molar-refractivity contribution in [2.24, 2.45) is 0 Å². The number of carbonyl (C=O) groups excluding carboxylic acids is 1. The number of fused-ring (bicyclic) bond motifs is 1. The molecule has 1 aromatic heterocycles. The summed E-state index contributed by atoms with van der Waals surface area (Å²) >= 11 is 0. The Balaban J connectivity index is 1.55. The fraction of sp³-hybridized carbons (Fsp3) is 0.320. The first kappa shape index (κ1) is 20.8. The number of anilines is 1. The number of piperazine rings is 1. The van der Waals surface area contributed by atoms with Crippen molar-refractivity contribution in [2.45, 2.75) is 19.8 Å². The molecule has 3 aromatic rings. The summed E-state index contributed by atoms with van der Waals surface area (Å²) in [6, 6.07) is 16.3. The van der Waals surface area contributed by atoms with Crippen LogP contribution in [0.15, 0.2) is 61.2 Å². The van der Waals surface area contributed by atoms with Crippen LogP contribution in [0.25, 0.3) is 10.9 Å². The molecule has 0 spiro atoms. The van der Waals surface area contributed by atoms with Crippen LogP contribution < -0.4 is 9.64 Å². The zero-order valence-electron chi connectivity index (χ0n) is 18.0. The second-order valence-electron chi connectivity index (χ2n) is 7.58. The molecule has 2 aromatic carbocycles. The van der Waals surface area contributed by atoms with Crippen molar-refractivity contribution in [3.8, 4) is 5.75 Å². The van der Waals surface area contributed by atoms with Gasteiger partial charge in [0.15, 0.2) is 0 Å². The van der Waals surface area contributed by atoms with E-state index in [1.165, 1.54) is 11.6 Å². The molecule has 0 saturated carbocycles. The normalized spacial score (nSPS) is 14.0. The SMILES string of the molecule is C=CC(=O)N1CCN(c2nc(CCc3cccc(OCC)c3)nc3ccccc23)CC1. The first-order valence-corrected chi connectivity index (χ1v) is 10.8. The zero-order valence-corrected chi connectivity index (χ0v) is 18.0. The van der Waals surface area contributed by atoms with Crippen molar-refractivity contribution in [1.29, 1.82) is 0 Å². The molecule has 1 amide bonds. The van der Waals surface area contributed by atoms with Crippen molar-refractivity contribution in [2.75, 3.05) is 37.7 Å². The maximum Gasteiger partial charge on any atom is 0.246 e. The van der Waals surface area contributed by atoms with Gasteiger partial charge >= 0.3 is 0 Å². The average Bonchev–Trinajstić information content (AvgIpc) is 2.82. The molecule has 0 N–H and O–H groups in total. The van der Waals surface area contributed by atoms with Crippen molar-refractivity contribution in [3.05, 3.63) is 72.6 Å². The predicted octanol–water partition coefficient (Wildman–Crippen LogP) is 3.65. The van der Waals surface area contributed by atoms with Crippen LogP contribution in [-0.2, 0) is 17.6 Å². The fourth-order valence-electron chi connectivity index (χ4n) is 3.94. The lowest BCUT2D eigenvalue weighted by Gasteiger charge is -2.35. The molecule has 0 atom stereocenters. The van der Waals surface area contributed by atoms with E-state index in [-0.39, 0.29) is 5.91 Å². The summed E-state index contributed by atoms with van der Waals surface area (Å²) in [5.41, 5.74) is 2.16. The lowest BCUT2D eigenvalue weighted by atomic mass is 10.1. The van der Waals surface area contributed by atoms with Crippen molar-refractivity contribution in [3.63, 3.8) is 0 Å². The highest BCUT2D eigenvalue weighted by molar-refractivity contribution is 5.90. The summed E-state index contributed by atoms with van der Waals surface area (Å²) in [6.07, 6.45) is 2.98. The molecular formula is C25H28N4O2. The van der Waals surface area contributed by atoms with Crippen LogP contribution in [0.1, 0.15) is 18.3 Å². The van der Waals surface area contributed by atoms with E-state index in [4.69, 9.17) is 14.7 Å². The van der Waals surface area contributed by atoms with Gasteiger partial charge in [0.2, 0.25) is 5.91 Å². The summed E-state index contributed by atoms with van der Waals surface area (Å²) in [5.74, 6) is 2.67. The van der Waals surface area contributed by atoms with Crippen LogP contribution in [0.5, 0.6) is 5.75 Å². The van der Waals surface area contributed by atoms with Gasteiger partial charge in [0, 0.05) is 38.0 Å². The van der Waals surface area contributed by atoms with E-state index < -0.39 is 0 Å². The van der Waals surface area contributed by atoms with Gasteiger partial charge in [0.1, 0.15) is 17.4 Å². The minimum atomic E-state index is -0.0119. The number of ether oxygens (including phenoxy) is 1. The number of nitrogens with zero attached hydrogens (tertiary/aromatic N) is 4. The van der Waals surface area contributed by atoms with Gasteiger partial charge < -0.3 is 14.5 Å². The number of aromatic nitrogens is 2. The van der Waals surface area contributed by atoms with Crippen molar-refractivity contribution >= 4 is 22.6 Å². The highest BCUT2D eigenvalue weighted by Crippen LogP contribution is 2.25. The smallest absolute Gasteiger partial charge is 0.246 e. The molecule has 1 fully saturated rings. The van der Waals surface area contributed by atoms with Crippen LogP contribution in [0.4, 0.5) is 5.82 Å². The van der Waals surface area contributed by atoms with E-state index in [0.29, 0.717) is 19.7 Å². The highest BCUT2D eigenvalue weighted by Gasteiger charge is 2.22. The number of hydrogen-bond acceptors (Lipinski definition) is 5. The lowest BCUT2D eigenvalue weighted by Crippen LogP contribution is -2.48. The number of benzene rings is 2. The Kier molecular flexibility index (Phi) is 6.46. The highest BCUT2D eigenvalue weighted by atomic mass is 16.5. The van der Waals surface area contributed by atoms with E-state index in [1.54, 1.807) is 0 Å². The number of para-hydroxylation sites is 1. The van der Waals surface area contributed by atoms with Crippen LogP contribution in [0.3, 0.4) is 0 Å². The standard InChI is InChI=1S/C25H28N4O2/c1-3-24(30)28-14-16-29(17-15-28)25-21-10-5-6-11-22(21)26-23(27-25)13-12-19-8-7-9-20(18-19)31-4-2/h3,5-11,18H,1,4,12-17H2,2H3. The molecule has 1 saturated heterocycles. The summed E-state index contributed by atoms with van der Waals surface area (Å²) in [6.45, 7) is 9.07. The Morgan fingerprint density at radius 1 is 1.06 bits per heavy atom. The maximum atomic E-state index is 11.9. The van der Waals surface area contributed by atoms with E-state index in [9.17, 15) is 4.79 Å². The Hall–Kier alpha value is -3.41. The quantitative estimate of drug-likeness (QED) is 0.551. The number of rotatable bonds is 7. The second-order valence-corrected chi connectivity index (χ2v) is 7.58. The Labute approximate surface area is 183 Å². The predicted molar refractivity (Wildman–Crippen MR) is 124 cm³/mol. The molecule has 6 heteroatoms. The largest absolute Gasteiger partial charge is 0.494 e. The van der Waals surface area contributed by atoms with Gasteiger partial charge in [-0.15, -0.1) is 0 Å². The average molecular weight is 417 g/mol. The topological polar surface area (TPSA) is 58.6 Å². The van der Waals surface area contributed by atoms with Gasteiger partial charge in [0.05, 0.1) is 12.1 Å². The molecule has 6 nitrogen and oxygen atoms in total. The maximum absolute atomic E-state index is 11.9. The van der Waals surface area contributed by atoms with E-state index in [0.717, 1.165) is 54.2 Å². The molecule has 0 unspecified atom stereocenters. The van der Waals surface area contributed by atoms with Crippen LogP contribution in [-0.4, -0.2) is 53.6 Å². The second kappa shape index (κ2) is 9.60. The summed E-state index contributed by atoms with van der Waals surface area (Å²) in [4.78, 5) is 25.8. The van der Waals surface area contributed by atoms with Gasteiger partial charge in [-0.1, -0.05) is 30.8 Å². The molecule has 4 rings (SSSR count). The van der Waals surface area contributed by atoms with Gasteiger partial charge in [-0.3, -0.25) is 4.79 Å². The molecular weight excluding hydrogens is 388 g/mol. The van der Waals surface area contributed by atoms with Crippen molar-refractivity contribution < 1.29 is 9.53 Å². The minimum Gasteiger partial charge on any atom is -0.494 e. The Bertz CT molecular complexity index is 1070. The molecule has 31 heavy (non-hydrogen) atoms. The summed E-state index contributed by atoms with van der Waals surface area (Å²) in [5, 5.41) is 1.05. The minimum absolute atomic E-state index is 0.0119. The molecule has 0 radical (unpaired) electrons. The van der Waals surface area contributed by atoms with Crippen molar-refractivity contribution in [1.82, 2.24) is 14.9 Å². The van der Waals surface area contributed by atoms with Gasteiger partial charge in [-0.25, -0.2) is 9.97 Å². The number of aryl methyl sites for hydroxylation is 2. The molecule has 160 valence electrons. The van der Waals surface area contributed by atoms with Gasteiger partial charge in [0.25, 0.3) is 0 Å². The Morgan fingerprint density at radius 2 is 1.87 bits per heavy atom. The fourth-order valence-corrected chi connectivity index (χ4v) is 3.94. The molecule has 2 heterocycles. The third kappa shape index (κ3) is 4.85. The van der Waals surface area contributed by atoms with Crippen LogP contribution in [0, 0.1) is 0 Å². The summed E-state index contributed by atoms with van der Waals surface area (Å²) < 4.78 is 5.62. The zero-order chi connectivity index (χ0) is 21.6. The number of hydrogen-bond donors (Lipinski definition) is 0. The lowest BCUT2D eigenvalue weighted by molar-refractivity contribution is -0.126.